The number of aliphatic hydroxyl groups is 1. The first-order chi connectivity index (χ1) is 14.0. The number of hydrogen-bond acceptors (Lipinski definition) is 4. The average molecular weight is 396 g/mol. The van der Waals surface area contributed by atoms with Crippen LogP contribution in [0.1, 0.15) is 45.8 Å². The van der Waals surface area contributed by atoms with Gasteiger partial charge in [0.05, 0.1) is 11.8 Å². The van der Waals surface area contributed by atoms with Gasteiger partial charge in [-0.2, -0.15) is 5.10 Å². The molecule has 148 valence electrons. The molecule has 1 amide bonds. The summed E-state index contributed by atoms with van der Waals surface area (Å²) in [5.74, 6) is -1.10. The van der Waals surface area contributed by atoms with E-state index in [0.29, 0.717) is 11.5 Å². The Morgan fingerprint density at radius 1 is 1.28 bits per heavy atom. The maximum atomic E-state index is 14.4. The quantitative estimate of drug-likeness (QED) is 0.695. The van der Waals surface area contributed by atoms with Gasteiger partial charge >= 0.3 is 0 Å². The minimum atomic E-state index is -0.875. The maximum absolute atomic E-state index is 14.4. The second kappa shape index (κ2) is 6.73. The molecule has 1 fully saturated rings. The summed E-state index contributed by atoms with van der Waals surface area (Å²) in [6.45, 7) is 0.0161. The van der Waals surface area contributed by atoms with Crippen LogP contribution < -0.4 is 5.32 Å². The van der Waals surface area contributed by atoms with Crippen LogP contribution in [-0.2, 0) is 6.42 Å². The van der Waals surface area contributed by atoms with Gasteiger partial charge in [0.2, 0.25) is 0 Å². The highest BCUT2D eigenvalue weighted by Gasteiger charge is 2.50. The molecule has 0 bridgehead atoms. The lowest BCUT2D eigenvalue weighted by Crippen LogP contribution is -2.29. The lowest BCUT2D eigenvalue weighted by molar-refractivity contribution is 0.0910. The fourth-order valence-corrected chi connectivity index (χ4v) is 4.11. The van der Waals surface area contributed by atoms with E-state index in [1.165, 1.54) is 16.8 Å². The number of carbonyl (C=O) groups is 1. The molecular formula is C21H18F2N4O2. The molecule has 1 saturated carbocycles. The highest BCUT2D eigenvalue weighted by Crippen LogP contribution is 2.57. The third kappa shape index (κ3) is 3.09. The predicted molar refractivity (Wildman–Crippen MR) is 99.6 cm³/mol. The van der Waals surface area contributed by atoms with Gasteiger partial charge < -0.3 is 10.4 Å². The van der Waals surface area contributed by atoms with Crippen molar-refractivity contribution in [3.63, 3.8) is 0 Å². The van der Waals surface area contributed by atoms with Crippen LogP contribution in [-0.4, -0.2) is 32.3 Å². The highest BCUT2D eigenvalue weighted by atomic mass is 19.1. The van der Waals surface area contributed by atoms with Crippen molar-refractivity contribution in [2.75, 3.05) is 6.54 Å². The molecule has 0 saturated heterocycles. The topological polar surface area (TPSA) is 80.0 Å². The molecule has 0 radical (unpaired) electrons. The Kier molecular flexibility index (Phi) is 4.16. The number of aliphatic hydroxyl groups excluding tert-OH is 1. The lowest BCUT2D eigenvalue weighted by Gasteiger charge is -2.11. The van der Waals surface area contributed by atoms with Crippen LogP contribution in [0, 0.1) is 17.6 Å². The molecule has 29 heavy (non-hydrogen) atoms. The summed E-state index contributed by atoms with van der Waals surface area (Å²) in [6.07, 6.45) is 3.97. The molecular weight excluding hydrogens is 378 g/mol. The first kappa shape index (κ1) is 17.9. The number of nitrogens with zero attached hydrogens (tertiary/aromatic N) is 3. The zero-order valence-electron chi connectivity index (χ0n) is 15.3. The van der Waals surface area contributed by atoms with E-state index in [0.717, 1.165) is 30.2 Å². The van der Waals surface area contributed by atoms with Crippen LogP contribution in [0.25, 0.3) is 5.69 Å². The Morgan fingerprint density at radius 2 is 2.07 bits per heavy atom. The summed E-state index contributed by atoms with van der Waals surface area (Å²) in [5, 5.41) is 17.3. The monoisotopic (exact) mass is 396 g/mol. The number of aromatic nitrogens is 3. The van der Waals surface area contributed by atoms with Crippen molar-refractivity contribution in [3.8, 4) is 5.69 Å². The van der Waals surface area contributed by atoms with E-state index in [2.05, 4.69) is 15.4 Å². The van der Waals surface area contributed by atoms with E-state index in [4.69, 9.17) is 0 Å². The zero-order valence-corrected chi connectivity index (χ0v) is 15.3. The fraction of sp³-hybridized carbons (Fsp3) is 0.286. The van der Waals surface area contributed by atoms with Gasteiger partial charge in [0.1, 0.15) is 11.5 Å². The molecule has 5 rings (SSSR count). The molecule has 1 aromatic carbocycles. The average Bonchev–Trinajstić information content (AvgIpc) is 3.23. The van der Waals surface area contributed by atoms with Crippen LogP contribution >= 0.6 is 0 Å². The molecule has 2 heterocycles. The van der Waals surface area contributed by atoms with Crippen molar-refractivity contribution in [1.82, 2.24) is 20.1 Å². The molecule has 2 aliphatic carbocycles. The molecule has 0 aliphatic heterocycles. The Labute approximate surface area is 165 Å². The van der Waals surface area contributed by atoms with Crippen molar-refractivity contribution in [2.24, 2.45) is 5.92 Å². The molecule has 3 aromatic rings. The number of pyridine rings is 1. The van der Waals surface area contributed by atoms with Gasteiger partial charge in [-0.3, -0.25) is 9.78 Å². The molecule has 2 N–H and O–H groups in total. The fourth-order valence-electron chi connectivity index (χ4n) is 4.11. The van der Waals surface area contributed by atoms with Gasteiger partial charge in [-0.05, 0) is 48.6 Å². The van der Waals surface area contributed by atoms with Gasteiger partial charge in [-0.25, -0.2) is 13.5 Å². The number of amides is 1. The van der Waals surface area contributed by atoms with Crippen molar-refractivity contribution >= 4 is 5.91 Å². The summed E-state index contributed by atoms with van der Waals surface area (Å²) in [7, 11) is 0. The Hall–Kier alpha value is -3.13. The summed E-state index contributed by atoms with van der Waals surface area (Å²) in [6, 6.07) is 6.68. The number of carbonyl (C=O) groups excluding carboxylic acids is 1. The van der Waals surface area contributed by atoms with Crippen LogP contribution in [0.4, 0.5) is 8.78 Å². The number of rotatable bonds is 5. The number of benzene rings is 1. The molecule has 8 heteroatoms. The Balaban J connectivity index is 1.42. The largest absolute Gasteiger partial charge is 0.387 e. The van der Waals surface area contributed by atoms with Gasteiger partial charge in [-0.15, -0.1) is 0 Å². The van der Waals surface area contributed by atoms with E-state index in [1.807, 2.05) is 0 Å². The van der Waals surface area contributed by atoms with Crippen molar-refractivity contribution in [2.45, 2.75) is 24.9 Å². The highest BCUT2D eigenvalue weighted by molar-refractivity contribution is 5.94. The van der Waals surface area contributed by atoms with Crippen molar-refractivity contribution in [3.05, 3.63) is 76.9 Å². The summed E-state index contributed by atoms with van der Waals surface area (Å²) in [4.78, 5) is 16.7. The van der Waals surface area contributed by atoms with E-state index < -0.39 is 23.6 Å². The molecule has 6 nitrogen and oxygen atoms in total. The van der Waals surface area contributed by atoms with E-state index in [1.54, 1.807) is 24.5 Å². The number of hydrogen-bond donors (Lipinski definition) is 2. The van der Waals surface area contributed by atoms with E-state index >= 15 is 0 Å². The van der Waals surface area contributed by atoms with Crippen molar-refractivity contribution in [1.29, 1.82) is 0 Å². The van der Waals surface area contributed by atoms with Gasteiger partial charge in [0, 0.05) is 36.5 Å². The zero-order chi connectivity index (χ0) is 20.1. The van der Waals surface area contributed by atoms with Gasteiger partial charge in [0.25, 0.3) is 5.91 Å². The predicted octanol–water partition coefficient (Wildman–Crippen LogP) is 2.67. The summed E-state index contributed by atoms with van der Waals surface area (Å²) >= 11 is 0. The Bertz CT molecular complexity index is 1100. The van der Waals surface area contributed by atoms with Crippen LogP contribution in [0.5, 0.6) is 0 Å². The normalized spacial score (nSPS) is 20.1. The number of fused-ring (bicyclic) bond motifs is 3. The summed E-state index contributed by atoms with van der Waals surface area (Å²) < 4.78 is 29.1. The minimum Gasteiger partial charge on any atom is -0.387 e. The number of halogens is 2. The first-order valence-electron chi connectivity index (χ1n) is 9.46. The lowest BCUT2D eigenvalue weighted by atomic mass is 10.1. The standard InChI is InChI=1S/C21H18F2N4O2/c22-13-1-2-17(16(23)9-13)27-20-14-7-12(14)8-15(20)19(26-27)21(29)25-10-18(28)11-3-5-24-6-4-11/h1-6,9,12,14,18,28H,7-8,10H2,(H,25,29)/t12-,14-,18?/m1/s1. The Morgan fingerprint density at radius 3 is 2.83 bits per heavy atom. The second-order valence-electron chi connectivity index (χ2n) is 7.53. The molecule has 2 aromatic heterocycles. The van der Waals surface area contributed by atoms with Crippen LogP contribution in [0.15, 0.2) is 42.7 Å². The molecule has 1 unspecified atom stereocenters. The van der Waals surface area contributed by atoms with Crippen LogP contribution in [0.2, 0.25) is 0 Å². The molecule has 3 atom stereocenters. The smallest absolute Gasteiger partial charge is 0.272 e. The van der Waals surface area contributed by atoms with Crippen LogP contribution in [0.3, 0.4) is 0 Å². The van der Waals surface area contributed by atoms with Gasteiger partial charge in [-0.1, -0.05) is 0 Å². The minimum absolute atomic E-state index is 0.0161. The molecule has 0 spiro atoms. The SMILES string of the molecule is O=C(NCC(O)c1ccncc1)c1nn(-c2ccc(F)cc2F)c2c1C[C@H]1C[C@@H]21. The molecule has 2 aliphatic rings. The number of nitrogens with one attached hydrogen (secondary N) is 1. The summed E-state index contributed by atoms with van der Waals surface area (Å²) in [5.41, 5.74) is 2.65. The first-order valence-corrected chi connectivity index (χ1v) is 9.46. The van der Waals surface area contributed by atoms with Crippen molar-refractivity contribution < 1.29 is 18.7 Å². The van der Waals surface area contributed by atoms with E-state index in [-0.39, 0.29) is 23.8 Å². The second-order valence-corrected chi connectivity index (χ2v) is 7.53. The third-order valence-electron chi connectivity index (χ3n) is 5.66. The van der Waals surface area contributed by atoms with Gasteiger partial charge in [0.15, 0.2) is 11.5 Å². The third-order valence-corrected chi connectivity index (χ3v) is 5.66. The van der Waals surface area contributed by atoms with E-state index in [9.17, 15) is 18.7 Å². The maximum Gasteiger partial charge on any atom is 0.272 e.